The van der Waals surface area contributed by atoms with Gasteiger partial charge in [0.1, 0.15) is 19.3 Å². The van der Waals surface area contributed by atoms with E-state index in [1.807, 2.05) is 18.2 Å². The second-order valence-corrected chi connectivity index (χ2v) is 16.4. The van der Waals surface area contributed by atoms with Crippen LogP contribution in [0.25, 0.3) is 0 Å². The van der Waals surface area contributed by atoms with E-state index >= 15 is 0 Å². The molecule has 11 rings (SSSR count). The van der Waals surface area contributed by atoms with E-state index in [1.54, 1.807) is 0 Å². The van der Waals surface area contributed by atoms with Crippen molar-refractivity contribution >= 4 is 5.78 Å². The predicted molar refractivity (Wildman–Crippen MR) is 169 cm³/mol. The third-order valence-electron chi connectivity index (χ3n) is 14.0. The second-order valence-electron chi connectivity index (χ2n) is 16.4. The number of piperidine rings is 1. The van der Waals surface area contributed by atoms with E-state index in [9.17, 15) is 9.90 Å². The summed E-state index contributed by atoms with van der Waals surface area (Å²) in [5, 5.41) is 13.0. The number of ether oxygens (including phenoxy) is 3. The smallest absolute Gasteiger partial charge is 0.166 e. The van der Waals surface area contributed by atoms with Crippen molar-refractivity contribution in [2.75, 3.05) is 19.7 Å². The van der Waals surface area contributed by atoms with Crippen molar-refractivity contribution in [3.8, 4) is 11.5 Å². The Labute approximate surface area is 266 Å². The van der Waals surface area contributed by atoms with E-state index < -0.39 is 11.0 Å². The molecule has 7 fully saturated rings. The lowest BCUT2D eigenvalue weighted by Crippen LogP contribution is -2.77. The molecule has 6 saturated carbocycles. The van der Waals surface area contributed by atoms with Crippen LogP contribution in [0.1, 0.15) is 80.9 Å². The molecule has 5 atom stereocenters. The number of hydrogen-bond acceptors (Lipinski definition) is 6. The van der Waals surface area contributed by atoms with Crippen molar-refractivity contribution in [1.29, 1.82) is 0 Å². The minimum Gasteiger partial charge on any atom is -0.485 e. The fourth-order valence-electron chi connectivity index (χ4n) is 12.2. The van der Waals surface area contributed by atoms with Gasteiger partial charge in [0, 0.05) is 24.1 Å². The Morgan fingerprint density at radius 1 is 0.956 bits per heavy atom. The molecule has 6 bridgehead atoms. The van der Waals surface area contributed by atoms with E-state index in [-0.39, 0.29) is 30.8 Å². The molecule has 2 heterocycles. The Hall–Kier alpha value is -2.41. The minimum absolute atomic E-state index is 0.0862. The molecule has 7 aliphatic carbocycles. The number of nitrogens with zero attached hydrogens (tertiary/aromatic N) is 1. The van der Waals surface area contributed by atoms with Gasteiger partial charge >= 0.3 is 0 Å². The molecule has 238 valence electrons. The van der Waals surface area contributed by atoms with E-state index in [0.29, 0.717) is 30.6 Å². The molecule has 6 heteroatoms. The average molecular weight is 610 g/mol. The summed E-state index contributed by atoms with van der Waals surface area (Å²) < 4.78 is 20.2. The molecule has 0 unspecified atom stereocenters. The Bertz CT molecular complexity index is 1480. The number of rotatable bonds is 9. The van der Waals surface area contributed by atoms with Crippen molar-refractivity contribution in [2.24, 2.45) is 35.5 Å². The number of carbonyl (C=O) groups is 1. The van der Waals surface area contributed by atoms with Crippen molar-refractivity contribution < 1.29 is 24.1 Å². The SMILES string of the molecule is O=C(CO[C@@H]1CC[C@@]2(O)[C@H]3Cc4ccc(OCc5ccccc5)c5c4[C@@]2(CCN3CC2CC2)[C@H]1O5)C1C2CC3CC(C2)CC1C3. The van der Waals surface area contributed by atoms with Crippen molar-refractivity contribution in [2.45, 2.75) is 107 Å². The van der Waals surface area contributed by atoms with Crippen molar-refractivity contribution in [1.82, 2.24) is 4.90 Å². The summed E-state index contributed by atoms with van der Waals surface area (Å²) in [6, 6.07) is 14.7. The Balaban J connectivity index is 0.964. The van der Waals surface area contributed by atoms with Gasteiger partial charge in [0.25, 0.3) is 0 Å². The first-order chi connectivity index (χ1) is 22.0. The van der Waals surface area contributed by atoms with Crippen molar-refractivity contribution in [3.05, 3.63) is 59.2 Å². The third-order valence-corrected chi connectivity index (χ3v) is 14.0. The molecule has 0 amide bonds. The number of ketones is 1. The van der Waals surface area contributed by atoms with Gasteiger partial charge in [0.05, 0.1) is 17.1 Å². The summed E-state index contributed by atoms with van der Waals surface area (Å²) in [4.78, 5) is 16.5. The van der Waals surface area contributed by atoms with Gasteiger partial charge in [0.15, 0.2) is 17.3 Å². The highest BCUT2D eigenvalue weighted by molar-refractivity contribution is 5.83. The Morgan fingerprint density at radius 3 is 2.49 bits per heavy atom. The number of likely N-dealkylation sites (tertiary alicyclic amines) is 1. The number of Topliss-reactive ketones (excluding diaryl/α,β-unsaturated/α-hetero) is 1. The van der Waals surface area contributed by atoms with E-state index in [4.69, 9.17) is 14.2 Å². The standard InChI is InChI=1S/C39H47NO5/c41-30(34-28-15-25-14-26(17-28)18-29(34)16-25)22-44-32-10-11-39(42)33-19-27-8-9-31(43-21-24-4-2-1-3-5-24)36-35(27)38(39,37(32)45-36)12-13-40(33)20-23-6-7-23/h1-5,8-9,23,25-26,28-29,32-34,37,42H,6-7,10-22H2/t25?,26?,28?,29?,32-,33-,34?,37+,38+,39-/m1/s1. The maximum atomic E-state index is 13.9. The van der Waals surface area contributed by atoms with Gasteiger partial charge in [-0.2, -0.15) is 0 Å². The highest BCUT2D eigenvalue weighted by Crippen LogP contribution is 2.66. The number of aliphatic hydroxyl groups is 1. The monoisotopic (exact) mass is 609 g/mol. The van der Waals surface area contributed by atoms with E-state index in [1.165, 1.54) is 56.1 Å². The second kappa shape index (κ2) is 10.0. The zero-order chi connectivity index (χ0) is 29.9. The molecule has 1 N–H and O–H groups in total. The first-order valence-corrected chi connectivity index (χ1v) is 18.1. The van der Waals surface area contributed by atoms with Gasteiger partial charge in [0.2, 0.25) is 0 Å². The largest absolute Gasteiger partial charge is 0.485 e. The zero-order valence-electron chi connectivity index (χ0n) is 26.4. The van der Waals surface area contributed by atoms with Crippen LogP contribution < -0.4 is 9.47 Å². The summed E-state index contributed by atoms with van der Waals surface area (Å²) in [6.45, 7) is 2.71. The van der Waals surface area contributed by atoms with Crippen LogP contribution >= 0.6 is 0 Å². The summed E-state index contributed by atoms with van der Waals surface area (Å²) in [6.07, 6.45) is 11.6. The molecule has 0 aromatic heterocycles. The third kappa shape index (κ3) is 4.07. The van der Waals surface area contributed by atoms with Crippen LogP contribution in [0.3, 0.4) is 0 Å². The summed E-state index contributed by atoms with van der Waals surface area (Å²) in [5.74, 6) is 5.71. The fourth-order valence-corrected chi connectivity index (χ4v) is 12.2. The van der Waals surface area contributed by atoms with E-state index in [0.717, 1.165) is 67.2 Å². The Kier molecular flexibility index (Phi) is 6.18. The van der Waals surface area contributed by atoms with Crippen LogP contribution in [0.4, 0.5) is 0 Å². The normalized spacial score (nSPS) is 41.9. The molecule has 1 spiro atoms. The predicted octanol–water partition coefficient (Wildman–Crippen LogP) is 5.86. The van der Waals surface area contributed by atoms with Gasteiger partial charge in [-0.1, -0.05) is 36.4 Å². The van der Waals surface area contributed by atoms with Crippen LogP contribution in [0.2, 0.25) is 0 Å². The summed E-state index contributed by atoms with van der Waals surface area (Å²) in [5.41, 5.74) is 2.15. The molecule has 1 saturated heterocycles. The fraction of sp³-hybridized carbons (Fsp3) is 0.667. The number of carbonyl (C=O) groups excluding carboxylic acids is 1. The molecule has 2 aromatic rings. The van der Waals surface area contributed by atoms with Crippen molar-refractivity contribution in [3.63, 3.8) is 0 Å². The van der Waals surface area contributed by atoms with Gasteiger partial charge in [-0.05, 0) is 124 Å². The first kappa shape index (κ1) is 27.7. The van der Waals surface area contributed by atoms with Gasteiger partial charge < -0.3 is 19.3 Å². The van der Waals surface area contributed by atoms with E-state index in [2.05, 4.69) is 29.2 Å². The number of hydrogen-bond donors (Lipinski definition) is 1. The summed E-state index contributed by atoms with van der Waals surface area (Å²) >= 11 is 0. The molecule has 45 heavy (non-hydrogen) atoms. The molecule has 0 radical (unpaired) electrons. The van der Waals surface area contributed by atoms with Crippen LogP contribution in [0.15, 0.2) is 42.5 Å². The van der Waals surface area contributed by atoms with Crippen LogP contribution in [0.5, 0.6) is 11.5 Å². The lowest BCUT2D eigenvalue weighted by atomic mass is 9.48. The Morgan fingerprint density at radius 2 is 1.73 bits per heavy atom. The topological polar surface area (TPSA) is 68.2 Å². The van der Waals surface area contributed by atoms with Crippen LogP contribution in [-0.4, -0.2) is 59.3 Å². The van der Waals surface area contributed by atoms with Crippen LogP contribution in [-0.2, 0) is 28.0 Å². The molecular formula is C39H47NO5. The minimum atomic E-state index is -0.883. The maximum absolute atomic E-state index is 13.9. The number of benzene rings is 2. The quantitative estimate of drug-likeness (QED) is 0.385. The lowest BCUT2D eigenvalue weighted by Gasteiger charge is -2.64. The van der Waals surface area contributed by atoms with Gasteiger partial charge in [-0.15, -0.1) is 0 Å². The zero-order valence-corrected chi connectivity index (χ0v) is 26.4. The molecule has 9 aliphatic rings. The highest BCUT2D eigenvalue weighted by atomic mass is 16.6. The maximum Gasteiger partial charge on any atom is 0.166 e. The summed E-state index contributed by atoms with van der Waals surface area (Å²) in [7, 11) is 0. The van der Waals surface area contributed by atoms with Crippen LogP contribution in [0, 0.1) is 35.5 Å². The molecule has 2 aliphatic heterocycles. The van der Waals surface area contributed by atoms with Gasteiger partial charge in [-0.3, -0.25) is 9.69 Å². The lowest BCUT2D eigenvalue weighted by molar-refractivity contribution is -0.215. The average Bonchev–Trinajstić information content (AvgIpc) is 3.78. The first-order valence-electron chi connectivity index (χ1n) is 18.1. The highest BCUT2D eigenvalue weighted by Gasteiger charge is 2.73. The molecular weight excluding hydrogens is 562 g/mol. The van der Waals surface area contributed by atoms with Gasteiger partial charge in [-0.25, -0.2) is 0 Å². The molecule has 2 aromatic carbocycles. The molecule has 6 nitrogen and oxygen atoms in total.